The van der Waals surface area contributed by atoms with Gasteiger partial charge < -0.3 is 9.80 Å². The van der Waals surface area contributed by atoms with Crippen molar-refractivity contribution < 1.29 is 9.59 Å². The second-order valence-electron chi connectivity index (χ2n) is 7.23. The van der Waals surface area contributed by atoms with E-state index in [0.717, 1.165) is 23.5 Å². The number of hydrogen-bond acceptors (Lipinski definition) is 2. The molecular formula is C20H28N2O2. The van der Waals surface area contributed by atoms with E-state index < -0.39 is 0 Å². The van der Waals surface area contributed by atoms with E-state index in [2.05, 4.69) is 0 Å². The van der Waals surface area contributed by atoms with Crippen LogP contribution in [0.4, 0.5) is 0 Å². The molecule has 1 aliphatic heterocycles. The van der Waals surface area contributed by atoms with E-state index in [1.807, 2.05) is 41.0 Å². The molecule has 1 aromatic rings. The topological polar surface area (TPSA) is 40.6 Å². The number of nitrogens with zero attached hydrogens (tertiary/aromatic N) is 2. The van der Waals surface area contributed by atoms with Crippen LogP contribution in [-0.4, -0.2) is 47.8 Å². The second-order valence-corrected chi connectivity index (χ2v) is 7.23. The van der Waals surface area contributed by atoms with E-state index in [0.29, 0.717) is 32.6 Å². The SMILES string of the molecule is Cc1cccc(C(=O)N2CCN(C(=O)CCC3CCCC3)CC2)c1. The van der Waals surface area contributed by atoms with Crippen LogP contribution in [0.1, 0.15) is 54.4 Å². The Hall–Kier alpha value is -1.84. The first-order chi connectivity index (χ1) is 11.6. The van der Waals surface area contributed by atoms with Crippen LogP contribution in [-0.2, 0) is 4.79 Å². The number of benzene rings is 1. The number of rotatable bonds is 4. The summed E-state index contributed by atoms with van der Waals surface area (Å²) in [4.78, 5) is 28.7. The van der Waals surface area contributed by atoms with Crippen LogP contribution in [0.5, 0.6) is 0 Å². The molecule has 0 N–H and O–H groups in total. The molecule has 1 saturated heterocycles. The van der Waals surface area contributed by atoms with Crippen LogP contribution in [0.15, 0.2) is 24.3 Å². The first-order valence-electron chi connectivity index (χ1n) is 9.27. The number of hydrogen-bond donors (Lipinski definition) is 0. The summed E-state index contributed by atoms with van der Waals surface area (Å²) in [6.07, 6.45) is 6.98. The van der Waals surface area contributed by atoms with Gasteiger partial charge in [-0.3, -0.25) is 9.59 Å². The Morgan fingerprint density at radius 2 is 1.71 bits per heavy atom. The molecule has 4 nitrogen and oxygen atoms in total. The zero-order valence-electron chi connectivity index (χ0n) is 14.7. The standard InChI is InChI=1S/C20H28N2O2/c1-16-5-4-8-18(15-16)20(24)22-13-11-21(12-14-22)19(23)10-9-17-6-2-3-7-17/h4-5,8,15,17H,2-3,6-7,9-14H2,1H3. The molecule has 0 aromatic heterocycles. The van der Waals surface area contributed by atoms with Gasteiger partial charge in [0.05, 0.1) is 0 Å². The summed E-state index contributed by atoms with van der Waals surface area (Å²) < 4.78 is 0. The molecule has 2 aliphatic rings. The quantitative estimate of drug-likeness (QED) is 0.851. The lowest BCUT2D eigenvalue weighted by atomic mass is 10.0. The molecule has 1 saturated carbocycles. The van der Waals surface area contributed by atoms with Crippen LogP contribution in [0.3, 0.4) is 0 Å². The molecule has 0 radical (unpaired) electrons. The van der Waals surface area contributed by atoms with Crippen molar-refractivity contribution in [2.75, 3.05) is 26.2 Å². The highest BCUT2D eigenvalue weighted by atomic mass is 16.2. The van der Waals surface area contributed by atoms with Crippen LogP contribution in [0, 0.1) is 12.8 Å². The van der Waals surface area contributed by atoms with Gasteiger partial charge in [0.15, 0.2) is 0 Å². The first-order valence-corrected chi connectivity index (χ1v) is 9.27. The maximum atomic E-state index is 12.6. The van der Waals surface area contributed by atoms with Crippen LogP contribution >= 0.6 is 0 Å². The lowest BCUT2D eigenvalue weighted by Gasteiger charge is -2.35. The lowest BCUT2D eigenvalue weighted by Crippen LogP contribution is -2.50. The third-order valence-corrected chi connectivity index (χ3v) is 5.43. The Bertz CT molecular complexity index is 585. The average molecular weight is 328 g/mol. The van der Waals surface area contributed by atoms with Crippen molar-refractivity contribution in [3.63, 3.8) is 0 Å². The van der Waals surface area contributed by atoms with Gasteiger partial charge in [-0.25, -0.2) is 0 Å². The molecule has 24 heavy (non-hydrogen) atoms. The van der Waals surface area contributed by atoms with Gasteiger partial charge in [-0.15, -0.1) is 0 Å². The third kappa shape index (κ3) is 4.16. The minimum atomic E-state index is 0.0803. The Labute approximate surface area is 144 Å². The summed E-state index contributed by atoms with van der Waals surface area (Å²) in [5.74, 6) is 1.11. The lowest BCUT2D eigenvalue weighted by molar-refractivity contribution is -0.133. The minimum Gasteiger partial charge on any atom is -0.339 e. The molecular weight excluding hydrogens is 300 g/mol. The smallest absolute Gasteiger partial charge is 0.253 e. The summed E-state index contributed by atoms with van der Waals surface area (Å²) in [5.41, 5.74) is 1.84. The molecule has 1 aliphatic carbocycles. The van der Waals surface area contributed by atoms with Crippen molar-refractivity contribution in [1.82, 2.24) is 9.80 Å². The number of carbonyl (C=O) groups excluding carboxylic acids is 2. The van der Waals surface area contributed by atoms with Gasteiger partial charge in [-0.1, -0.05) is 43.4 Å². The molecule has 0 spiro atoms. The van der Waals surface area contributed by atoms with Crippen molar-refractivity contribution in [3.8, 4) is 0 Å². The Morgan fingerprint density at radius 3 is 2.38 bits per heavy atom. The maximum absolute atomic E-state index is 12.6. The molecule has 4 heteroatoms. The molecule has 3 rings (SSSR count). The zero-order valence-corrected chi connectivity index (χ0v) is 14.7. The highest BCUT2D eigenvalue weighted by Crippen LogP contribution is 2.28. The van der Waals surface area contributed by atoms with E-state index in [-0.39, 0.29) is 11.8 Å². The van der Waals surface area contributed by atoms with Crippen molar-refractivity contribution in [2.24, 2.45) is 5.92 Å². The van der Waals surface area contributed by atoms with E-state index in [4.69, 9.17) is 0 Å². The summed E-state index contributed by atoms with van der Waals surface area (Å²) in [6, 6.07) is 7.72. The van der Waals surface area contributed by atoms with Crippen molar-refractivity contribution in [2.45, 2.75) is 45.4 Å². The minimum absolute atomic E-state index is 0.0803. The molecule has 130 valence electrons. The van der Waals surface area contributed by atoms with Crippen LogP contribution in [0.25, 0.3) is 0 Å². The van der Waals surface area contributed by atoms with Gasteiger partial charge in [-0.2, -0.15) is 0 Å². The van der Waals surface area contributed by atoms with Gasteiger partial charge >= 0.3 is 0 Å². The molecule has 0 atom stereocenters. The van der Waals surface area contributed by atoms with E-state index in [1.54, 1.807) is 0 Å². The summed E-state index contributed by atoms with van der Waals surface area (Å²) in [6.45, 7) is 4.61. The molecule has 2 fully saturated rings. The van der Waals surface area contributed by atoms with Crippen LogP contribution in [0.2, 0.25) is 0 Å². The van der Waals surface area contributed by atoms with E-state index in [9.17, 15) is 9.59 Å². The normalized spacial score (nSPS) is 18.9. The second kappa shape index (κ2) is 7.82. The van der Waals surface area contributed by atoms with E-state index >= 15 is 0 Å². The van der Waals surface area contributed by atoms with Crippen molar-refractivity contribution >= 4 is 11.8 Å². The van der Waals surface area contributed by atoms with Gasteiger partial charge in [0, 0.05) is 38.2 Å². The van der Waals surface area contributed by atoms with E-state index in [1.165, 1.54) is 25.7 Å². The van der Waals surface area contributed by atoms with Gasteiger partial charge in [0.2, 0.25) is 5.91 Å². The molecule has 0 unspecified atom stereocenters. The Morgan fingerprint density at radius 1 is 1.04 bits per heavy atom. The number of amides is 2. The predicted octanol–water partition coefficient (Wildman–Crippen LogP) is 3.25. The summed E-state index contributed by atoms with van der Waals surface area (Å²) in [7, 11) is 0. The Kier molecular flexibility index (Phi) is 5.54. The first kappa shape index (κ1) is 17.0. The molecule has 2 amide bonds. The predicted molar refractivity (Wildman–Crippen MR) is 94.9 cm³/mol. The fourth-order valence-corrected chi connectivity index (χ4v) is 3.90. The highest BCUT2D eigenvalue weighted by Gasteiger charge is 2.25. The Balaban J connectivity index is 1.46. The summed E-state index contributed by atoms with van der Waals surface area (Å²) >= 11 is 0. The molecule has 0 bridgehead atoms. The van der Waals surface area contributed by atoms with Crippen molar-refractivity contribution in [3.05, 3.63) is 35.4 Å². The van der Waals surface area contributed by atoms with Gasteiger partial charge in [-0.05, 0) is 31.4 Å². The number of carbonyl (C=O) groups is 2. The van der Waals surface area contributed by atoms with Crippen LogP contribution < -0.4 is 0 Å². The fourth-order valence-electron chi connectivity index (χ4n) is 3.90. The maximum Gasteiger partial charge on any atom is 0.253 e. The molecule has 1 heterocycles. The average Bonchev–Trinajstić information content (AvgIpc) is 3.13. The number of piperazine rings is 1. The van der Waals surface area contributed by atoms with Crippen molar-refractivity contribution in [1.29, 1.82) is 0 Å². The number of aryl methyl sites for hydroxylation is 1. The largest absolute Gasteiger partial charge is 0.339 e. The highest BCUT2D eigenvalue weighted by molar-refractivity contribution is 5.94. The monoisotopic (exact) mass is 328 g/mol. The van der Waals surface area contributed by atoms with Gasteiger partial charge in [0.1, 0.15) is 0 Å². The fraction of sp³-hybridized carbons (Fsp3) is 0.600. The summed E-state index contributed by atoms with van der Waals surface area (Å²) in [5, 5.41) is 0. The third-order valence-electron chi connectivity index (χ3n) is 5.43. The van der Waals surface area contributed by atoms with Gasteiger partial charge in [0.25, 0.3) is 5.91 Å². The molecule has 1 aromatic carbocycles. The zero-order chi connectivity index (χ0) is 16.9.